The molecule has 0 fully saturated rings. The van der Waals surface area contributed by atoms with Crippen molar-refractivity contribution in [1.29, 1.82) is 0 Å². The first-order valence-electron chi connectivity index (χ1n) is 8.22. The number of aliphatic carboxylic acids is 1. The number of rotatable bonds is 5. The van der Waals surface area contributed by atoms with Gasteiger partial charge in [-0.2, -0.15) is 0 Å². The number of hydrogen-bond acceptors (Lipinski definition) is 3. The van der Waals surface area contributed by atoms with Crippen molar-refractivity contribution in [3.8, 4) is 5.75 Å². The number of carboxylic acids is 1. The Hall–Kier alpha value is -1.42. The van der Waals surface area contributed by atoms with Crippen LogP contribution in [0.2, 0.25) is 0 Å². The van der Waals surface area contributed by atoms with E-state index in [9.17, 15) is 9.90 Å². The highest BCUT2D eigenvalue weighted by molar-refractivity contribution is 8.02. The van der Waals surface area contributed by atoms with E-state index in [2.05, 4.69) is 53.7 Å². The first kappa shape index (κ1) is 20.6. The summed E-state index contributed by atoms with van der Waals surface area (Å²) in [5, 5.41) is 21.3. The van der Waals surface area contributed by atoms with E-state index >= 15 is 0 Å². The van der Waals surface area contributed by atoms with Crippen LogP contribution in [0.15, 0.2) is 23.1 Å². The van der Waals surface area contributed by atoms with Crippen LogP contribution in [0.4, 0.5) is 0 Å². The lowest BCUT2D eigenvalue weighted by Gasteiger charge is -2.28. The number of aryl methyl sites for hydroxylation is 1. The standard InChI is InChI=1S/C20H30O3S/c1-13(18(22)23)12-24-9-8-14-10-15(19(2,3)4)17(21)16(11-14)20(5,6)7/h10-12,21H,8-9H2,1-7H3,(H,22,23)/b13-12+. The van der Waals surface area contributed by atoms with E-state index in [1.54, 1.807) is 12.3 Å². The van der Waals surface area contributed by atoms with Gasteiger partial charge in [0.05, 0.1) is 0 Å². The van der Waals surface area contributed by atoms with Crippen molar-refractivity contribution >= 4 is 17.7 Å². The maximum absolute atomic E-state index is 10.8. The van der Waals surface area contributed by atoms with Gasteiger partial charge in [0.25, 0.3) is 0 Å². The number of phenolic OH excluding ortho intramolecular Hbond substituents is 1. The van der Waals surface area contributed by atoms with Crippen LogP contribution in [0, 0.1) is 0 Å². The van der Waals surface area contributed by atoms with E-state index in [0.717, 1.165) is 23.3 Å². The zero-order chi connectivity index (χ0) is 18.7. The van der Waals surface area contributed by atoms with Crippen molar-refractivity contribution in [1.82, 2.24) is 0 Å². The molecule has 0 amide bonds. The summed E-state index contributed by atoms with van der Waals surface area (Å²) in [7, 11) is 0. The zero-order valence-electron chi connectivity index (χ0n) is 15.9. The minimum atomic E-state index is -0.878. The second-order valence-corrected chi connectivity index (χ2v) is 9.24. The van der Waals surface area contributed by atoms with Crippen LogP contribution in [0.25, 0.3) is 0 Å². The summed E-state index contributed by atoms with van der Waals surface area (Å²) in [5.74, 6) is 0.327. The summed E-state index contributed by atoms with van der Waals surface area (Å²) in [5.41, 5.74) is 3.20. The Kier molecular flexibility index (Phi) is 6.57. The van der Waals surface area contributed by atoms with Gasteiger partial charge in [-0.1, -0.05) is 53.7 Å². The molecule has 1 rings (SSSR count). The van der Waals surface area contributed by atoms with Crippen molar-refractivity contribution in [3.63, 3.8) is 0 Å². The van der Waals surface area contributed by atoms with Crippen LogP contribution < -0.4 is 0 Å². The Morgan fingerprint density at radius 3 is 1.92 bits per heavy atom. The maximum Gasteiger partial charge on any atom is 0.331 e. The summed E-state index contributed by atoms with van der Waals surface area (Å²) in [6.07, 6.45) is 0.834. The minimum Gasteiger partial charge on any atom is -0.507 e. The van der Waals surface area contributed by atoms with E-state index in [-0.39, 0.29) is 10.8 Å². The lowest BCUT2D eigenvalue weighted by atomic mass is 9.78. The van der Waals surface area contributed by atoms with Crippen molar-refractivity contribution in [3.05, 3.63) is 39.8 Å². The number of carbonyl (C=O) groups is 1. The molecule has 0 spiro atoms. The maximum atomic E-state index is 10.8. The number of hydrogen-bond donors (Lipinski definition) is 2. The number of benzene rings is 1. The minimum absolute atomic E-state index is 0.132. The van der Waals surface area contributed by atoms with Crippen molar-refractivity contribution in [2.24, 2.45) is 0 Å². The molecule has 2 N–H and O–H groups in total. The molecule has 24 heavy (non-hydrogen) atoms. The quantitative estimate of drug-likeness (QED) is 0.562. The molecule has 0 heterocycles. The van der Waals surface area contributed by atoms with E-state index in [0.29, 0.717) is 11.3 Å². The third-order valence-corrected chi connectivity index (χ3v) is 4.85. The van der Waals surface area contributed by atoms with Crippen LogP contribution >= 0.6 is 11.8 Å². The van der Waals surface area contributed by atoms with Crippen LogP contribution in [0.3, 0.4) is 0 Å². The van der Waals surface area contributed by atoms with Gasteiger partial charge in [0.1, 0.15) is 5.75 Å². The van der Waals surface area contributed by atoms with E-state index < -0.39 is 5.97 Å². The SMILES string of the molecule is C/C(=C\SCCc1cc(C(C)(C)C)c(O)c(C(C)(C)C)c1)C(=O)O. The van der Waals surface area contributed by atoms with Gasteiger partial charge in [0, 0.05) is 11.3 Å². The summed E-state index contributed by atoms with van der Waals surface area (Å²) < 4.78 is 0. The highest BCUT2D eigenvalue weighted by Crippen LogP contribution is 2.39. The van der Waals surface area contributed by atoms with E-state index in [4.69, 9.17) is 5.11 Å². The lowest BCUT2D eigenvalue weighted by Crippen LogP contribution is -2.18. The van der Waals surface area contributed by atoms with Crippen LogP contribution in [0.5, 0.6) is 5.75 Å². The molecule has 0 aliphatic heterocycles. The number of carboxylic acid groups (broad SMARTS) is 1. The monoisotopic (exact) mass is 350 g/mol. The largest absolute Gasteiger partial charge is 0.507 e. The molecule has 0 atom stereocenters. The Morgan fingerprint density at radius 2 is 1.54 bits per heavy atom. The van der Waals surface area contributed by atoms with Crippen molar-refractivity contribution < 1.29 is 15.0 Å². The van der Waals surface area contributed by atoms with Gasteiger partial charge >= 0.3 is 5.97 Å². The molecular weight excluding hydrogens is 320 g/mol. The first-order valence-corrected chi connectivity index (χ1v) is 9.27. The van der Waals surface area contributed by atoms with Gasteiger partial charge < -0.3 is 10.2 Å². The molecule has 3 nitrogen and oxygen atoms in total. The molecule has 134 valence electrons. The van der Waals surface area contributed by atoms with Gasteiger partial charge in [-0.3, -0.25) is 0 Å². The molecule has 0 saturated carbocycles. The topological polar surface area (TPSA) is 57.5 Å². The van der Waals surface area contributed by atoms with Crippen LogP contribution in [0.1, 0.15) is 65.2 Å². The Labute approximate surface area is 150 Å². The zero-order valence-corrected chi connectivity index (χ0v) is 16.7. The van der Waals surface area contributed by atoms with Gasteiger partial charge in [-0.15, -0.1) is 11.8 Å². The van der Waals surface area contributed by atoms with Gasteiger partial charge in [-0.25, -0.2) is 4.79 Å². The average Bonchev–Trinajstić information content (AvgIpc) is 2.41. The molecule has 0 aliphatic rings. The van der Waals surface area contributed by atoms with Gasteiger partial charge in [-0.05, 0) is 46.3 Å². The fourth-order valence-electron chi connectivity index (χ4n) is 2.39. The summed E-state index contributed by atoms with van der Waals surface area (Å²) in [4.78, 5) is 10.8. The van der Waals surface area contributed by atoms with E-state index in [1.807, 2.05) is 0 Å². The average molecular weight is 351 g/mol. The summed E-state index contributed by atoms with van der Waals surface area (Å²) in [6.45, 7) is 14.2. The lowest BCUT2D eigenvalue weighted by molar-refractivity contribution is -0.132. The molecule has 0 bridgehead atoms. The van der Waals surface area contributed by atoms with Crippen molar-refractivity contribution in [2.45, 2.75) is 65.7 Å². The molecule has 0 aromatic heterocycles. The molecule has 0 unspecified atom stereocenters. The van der Waals surface area contributed by atoms with Gasteiger partial charge in [0.15, 0.2) is 0 Å². The third-order valence-electron chi connectivity index (χ3n) is 3.89. The molecule has 0 radical (unpaired) electrons. The molecule has 4 heteroatoms. The smallest absolute Gasteiger partial charge is 0.331 e. The Balaban J connectivity index is 3.08. The molecule has 1 aromatic rings. The summed E-state index contributed by atoms with van der Waals surface area (Å²) >= 11 is 1.51. The Morgan fingerprint density at radius 1 is 1.08 bits per heavy atom. The van der Waals surface area contributed by atoms with Crippen molar-refractivity contribution in [2.75, 3.05) is 5.75 Å². The molecule has 1 aromatic carbocycles. The number of thioether (sulfide) groups is 1. The van der Waals surface area contributed by atoms with Gasteiger partial charge in [0.2, 0.25) is 0 Å². The highest BCUT2D eigenvalue weighted by Gasteiger charge is 2.26. The van der Waals surface area contributed by atoms with E-state index in [1.165, 1.54) is 17.3 Å². The molecular formula is C20H30O3S. The Bertz CT molecular complexity index is 596. The highest BCUT2D eigenvalue weighted by atomic mass is 32.2. The predicted molar refractivity (Wildman–Crippen MR) is 103 cm³/mol. The predicted octanol–water partition coefficient (Wildman–Crippen LogP) is 5.25. The third kappa shape index (κ3) is 5.59. The molecule has 0 saturated heterocycles. The number of phenols is 1. The second kappa shape index (κ2) is 7.64. The second-order valence-electron chi connectivity index (χ2n) is 8.27. The molecule has 0 aliphatic carbocycles. The van der Waals surface area contributed by atoms with Crippen LogP contribution in [-0.4, -0.2) is 21.9 Å². The summed E-state index contributed by atoms with van der Waals surface area (Å²) in [6, 6.07) is 4.16. The number of aromatic hydroxyl groups is 1. The first-order chi connectivity index (χ1) is 10.8. The normalized spacial score (nSPS) is 13.2. The van der Waals surface area contributed by atoms with Crippen LogP contribution in [-0.2, 0) is 22.0 Å². The fourth-order valence-corrected chi connectivity index (χ4v) is 3.22. The fraction of sp³-hybridized carbons (Fsp3) is 0.550.